The standard InChI is InChI=1S/C21H23ClN2O2/c1-3-14(2)18-6-4-5-7-19(18)23-21(26)15-12-20(25)24(13-15)17-10-8-16(22)9-11-17/h4-11,14-15H,3,12-13H2,1-2H3,(H,23,26). The van der Waals surface area contributed by atoms with Crippen molar-refractivity contribution in [3.63, 3.8) is 0 Å². The van der Waals surface area contributed by atoms with Gasteiger partial charge in [-0.3, -0.25) is 9.59 Å². The lowest BCUT2D eigenvalue weighted by atomic mass is 9.96. The Balaban J connectivity index is 1.72. The molecule has 1 heterocycles. The molecule has 5 heteroatoms. The summed E-state index contributed by atoms with van der Waals surface area (Å²) in [6.45, 7) is 4.66. The predicted molar refractivity (Wildman–Crippen MR) is 106 cm³/mol. The molecule has 0 spiro atoms. The van der Waals surface area contributed by atoms with Gasteiger partial charge >= 0.3 is 0 Å². The number of carbonyl (C=O) groups excluding carboxylic acids is 2. The first-order valence-electron chi connectivity index (χ1n) is 8.95. The van der Waals surface area contributed by atoms with Crippen LogP contribution in [0.2, 0.25) is 5.02 Å². The number of amides is 2. The molecule has 4 nitrogen and oxygen atoms in total. The number of rotatable bonds is 5. The number of benzene rings is 2. The van der Waals surface area contributed by atoms with E-state index < -0.39 is 0 Å². The fourth-order valence-electron chi connectivity index (χ4n) is 3.25. The van der Waals surface area contributed by atoms with Crippen molar-refractivity contribution in [3.05, 3.63) is 59.1 Å². The summed E-state index contributed by atoms with van der Waals surface area (Å²) in [7, 11) is 0. The molecule has 2 atom stereocenters. The van der Waals surface area contributed by atoms with Crippen LogP contribution in [0.15, 0.2) is 48.5 Å². The van der Waals surface area contributed by atoms with Gasteiger partial charge in [0.05, 0.1) is 5.92 Å². The van der Waals surface area contributed by atoms with Gasteiger partial charge in [0.25, 0.3) is 0 Å². The van der Waals surface area contributed by atoms with E-state index in [2.05, 4.69) is 19.2 Å². The Labute approximate surface area is 159 Å². The normalized spacial score (nSPS) is 18.0. The van der Waals surface area contributed by atoms with Crippen LogP contribution in [-0.2, 0) is 9.59 Å². The van der Waals surface area contributed by atoms with Crippen LogP contribution in [0.25, 0.3) is 0 Å². The van der Waals surface area contributed by atoms with Gasteiger partial charge in [0.1, 0.15) is 0 Å². The lowest BCUT2D eigenvalue weighted by Crippen LogP contribution is -2.28. The second-order valence-electron chi connectivity index (χ2n) is 6.77. The van der Waals surface area contributed by atoms with Gasteiger partial charge in [-0.05, 0) is 48.2 Å². The van der Waals surface area contributed by atoms with Gasteiger partial charge in [-0.2, -0.15) is 0 Å². The molecule has 2 aromatic rings. The number of hydrogen-bond donors (Lipinski definition) is 1. The SMILES string of the molecule is CCC(C)c1ccccc1NC(=O)C1CC(=O)N(c2ccc(Cl)cc2)C1. The van der Waals surface area contributed by atoms with Crippen LogP contribution in [0.5, 0.6) is 0 Å². The monoisotopic (exact) mass is 370 g/mol. The summed E-state index contributed by atoms with van der Waals surface area (Å²) in [6, 6.07) is 15.0. The molecule has 1 fully saturated rings. The number of nitrogens with zero attached hydrogens (tertiary/aromatic N) is 1. The van der Waals surface area contributed by atoms with Crippen LogP contribution in [0.3, 0.4) is 0 Å². The minimum atomic E-state index is -0.358. The Morgan fingerprint density at radius 2 is 1.92 bits per heavy atom. The van der Waals surface area contributed by atoms with Crippen molar-refractivity contribution in [2.24, 2.45) is 5.92 Å². The Hall–Kier alpha value is -2.33. The molecular formula is C21H23ClN2O2. The minimum Gasteiger partial charge on any atom is -0.326 e. The molecule has 26 heavy (non-hydrogen) atoms. The smallest absolute Gasteiger partial charge is 0.229 e. The molecule has 2 amide bonds. The zero-order chi connectivity index (χ0) is 18.7. The molecule has 1 saturated heterocycles. The highest BCUT2D eigenvalue weighted by Crippen LogP contribution is 2.30. The number of hydrogen-bond acceptors (Lipinski definition) is 2. The van der Waals surface area contributed by atoms with Crippen LogP contribution in [0.4, 0.5) is 11.4 Å². The van der Waals surface area contributed by atoms with E-state index in [1.54, 1.807) is 29.2 Å². The first-order valence-corrected chi connectivity index (χ1v) is 9.33. The molecular weight excluding hydrogens is 348 g/mol. The molecule has 2 unspecified atom stereocenters. The van der Waals surface area contributed by atoms with E-state index in [9.17, 15) is 9.59 Å². The van der Waals surface area contributed by atoms with Gasteiger partial charge in [-0.1, -0.05) is 43.6 Å². The average Bonchev–Trinajstić information content (AvgIpc) is 3.04. The summed E-state index contributed by atoms with van der Waals surface area (Å²) >= 11 is 5.91. The number of carbonyl (C=O) groups is 2. The first-order chi connectivity index (χ1) is 12.5. The fourth-order valence-corrected chi connectivity index (χ4v) is 3.38. The van der Waals surface area contributed by atoms with E-state index in [0.717, 1.165) is 23.4 Å². The summed E-state index contributed by atoms with van der Waals surface area (Å²) in [5.74, 6) is -0.140. The highest BCUT2D eigenvalue weighted by atomic mass is 35.5. The number of halogens is 1. The van der Waals surface area contributed by atoms with Crippen LogP contribution < -0.4 is 10.2 Å². The van der Waals surface area contributed by atoms with E-state index in [4.69, 9.17) is 11.6 Å². The van der Waals surface area contributed by atoms with Crippen molar-refractivity contribution in [1.29, 1.82) is 0 Å². The van der Waals surface area contributed by atoms with Crippen molar-refractivity contribution >= 4 is 34.8 Å². The first kappa shape index (κ1) is 18.5. The number of para-hydroxylation sites is 1. The Morgan fingerprint density at radius 3 is 2.62 bits per heavy atom. The molecule has 2 aromatic carbocycles. The van der Waals surface area contributed by atoms with Crippen molar-refractivity contribution in [3.8, 4) is 0 Å². The van der Waals surface area contributed by atoms with E-state index in [1.807, 2.05) is 24.3 Å². The predicted octanol–water partition coefficient (Wildman–Crippen LogP) is 4.85. The van der Waals surface area contributed by atoms with Gasteiger partial charge in [0.2, 0.25) is 11.8 Å². The summed E-state index contributed by atoms with van der Waals surface area (Å²) in [5, 5.41) is 3.65. The van der Waals surface area contributed by atoms with Gasteiger partial charge < -0.3 is 10.2 Å². The maximum atomic E-state index is 12.7. The van der Waals surface area contributed by atoms with E-state index >= 15 is 0 Å². The zero-order valence-corrected chi connectivity index (χ0v) is 15.8. The number of anilines is 2. The Kier molecular flexibility index (Phi) is 5.62. The maximum absolute atomic E-state index is 12.7. The molecule has 1 aliphatic heterocycles. The van der Waals surface area contributed by atoms with Crippen LogP contribution in [-0.4, -0.2) is 18.4 Å². The lowest BCUT2D eigenvalue weighted by Gasteiger charge is -2.18. The highest BCUT2D eigenvalue weighted by molar-refractivity contribution is 6.30. The largest absolute Gasteiger partial charge is 0.326 e. The average molecular weight is 371 g/mol. The van der Waals surface area contributed by atoms with E-state index in [-0.39, 0.29) is 24.2 Å². The molecule has 3 rings (SSSR count). The number of nitrogens with one attached hydrogen (secondary N) is 1. The topological polar surface area (TPSA) is 49.4 Å². The molecule has 1 N–H and O–H groups in total. The van der Waals surface area contributed by atoms with Gasteiger partial charge in [0, 0.05) is 29.4 Å². The molecule has 0 radical (unpaired) electrons. The second-order valence-corrected chi connectivity index (χ2v) is 7.20. The van der Waals surface area contributed by atoms with Gasteiger partial charge in [-0.25, -0.2) is 0 Å². The Morgan fingerprint density at radius 1 is 1.23 bits per heavy atom. The van der Waals surface area contributed by atoms with E-state index in [1.165, 1.54) is 0 Å². The summed E-state index contributed by atoms with van der Waals surface area (Å²) in [6.07, 6.45) is 1.22. The molecule has 0 bridgehead atoms. The van der Waals surface area contributed by atoms with Gasteiger partial charge in [-0.15, -0.1) is 0 Å². The molecule has 0 aromatic heterocycles. The van der Waals surface area contributed by atoms with Crippen molar-refractivity contribution in [2.75, 3.05) is 16.8 Å². The fraction of sp³-hybridized carbons (Fsp3) is 0.333. The van der Waals surface area contributed by atoms with Crippen LogP contribution >= 0.6 is 11.6 Å². The Bertz CT molecular complexity index is 804. The molecule has 1 aliphatic rings. The zero-order valence-electron chi connectivity index (χ0n) is 15.0. The third-order valence-corrected chi connectivity index (χ3v) is 5.25. The molecule has 0 aliphatic carbocycles. The third kappa shape index (κ3) is 3.91. The summed E-state index contributed by atoms with van der Waals surface area (Å²) < 4.78 is 0. The highest BCUT2D eigenvalue weighted by Gasteiger charge is 2.35. The van der Waals surface area contributed by atoms with Crippen LogP contribution in [0.1, 0.15) is 38.2 Å². The molecule has 136 valence electrons. The summed E-state index contributed by atoms with van der Waals surface area (Å²) in [4.78, 5) is 26.8. The lowest BCUT2D eigenvalue weighted by molar-refractivity contribution is -0.122. The quantitative estimate of drug-likeness (QED) is 0.818. The second kappa shape index (κ2) is 7.92. The van der Waals surface area contributed by atoms with E-state index in [0.29, 0.717) is 17.5 Å². The maximum Gasteiger partial charge on any atom is 0.229 e. The van der Waals surface area contributed by atoms with Crippen LogP contribution in [0, 0.1) is 5.92 Å². The minimum absolute atomic E-state index is 0.0392. The molecule has 0 saturated carbocycles. The van der Waals surface area contributed by atoms with Crippen molar-refractivity contribution in [1.82, 2.24) is 0 Å². The van der Waals surface area contributed by atoms with Crippen molar-refractivity contribution in [2.45, 2.75) is 32.6 Å². The van der Waals surface area contributed by atoms with Crippen molar-refractivity contribution < 1.29 is 9.59 Å². The van der Waals surface area contributed by atoms with Gasteiger partial charge in [0.15, 0.2) is 0 Å². The summed E-state index contributed by atoms with van der Waals surface area (Å²) in [5.41, 5.74) is 2.74. The third-order valence-electron chi connectivity index (χ3n) is 5.00.